The van der Waals surface area contributed by atoms with Gasteiger partial charge in [-0.05, 0) is 24.3 Å². The number of carboxylic acids is 2. The largest absolute Gasteiger partial charge is 2.00 e. The van der Waals surface area contributed by atoms with Crippen LogP contribution in [0, 0.1) is 0 Å². The molecular weight excluding hydrogens is 461 g/mol. The fourth-order valence-electron chi connectivity index (χ4n) is 1.30. The zero-order valence-corrected chi connectivity index (χ0v) is 16.8. The van der Waals surface area contributed by atoms with Crippen molar-refractivity contribution in [2.24, 2.45) is 0 Å². The molecule has 21 heavy (non-hydrogen) atoms. The molecule has 6 nitrogen and oxygen atoms in total. The van der Waals surface area contributed by atoms with Crippen molar-refractivity contribution in [3.05, 3.63) is 60.2 Å². The van der Waals surface area contributed by atoms with Gasteiger partial charge in [-0.1, -0.05) is 12.1 Å². The monoisotopic (exact) mass is 474 g/mol. The molecule has 104 valence electrons. The number of aromatic nitrogens is 2. The Balaban J connectivity index is 0.000000364. The van der Waals surface area contributed by atoms with E-state index in [-0.39, 0.29) is 40.5 Å². The van der Waals surface area contributed by atoms with Crippen molar-refractivity contribution in [2.45, 2.75) is 12.8 Å². The van der Waals surface area contributed by atoms with Crippen LogP contribution in [0.2, 0.25) is 0 Å². The fourth-order valence-corrected chi connectivity index (χ4v) is 1.30. The zero-order valence-electron chi connectivity index (χ0n) is 11.3. The topological polar surface area (TPSA) is 106 Å². The molecule has 7 heteroatoms. The summed E-state index contributed by atoms with van der Waals surface area (Å²) < 4.78 is 0. The molecule has 0 saturated heterocycles. The minimum atomic E-state index is -1.10. The van der Waals surface area contributed by atoms with Gasteiger partial charge in [0.1, 0.15) is 0 Å². The van der Waals surface area contributed by atoms with Crippen LogP contribution in [0.15, 0.2) is 48.8 Å². The van der Waals surface area contributed by atoms with Gasteiger partial charge in [0.05, 0.1) is 0 Å². The van der Waals surface area contributed by atoms with Crippen molar-refractivity contribution >= 4 is 11.9 Å². The fraction of sp³-hybridized carbons (Fsp3) is 0.143. The molecule has 0 radical (unpaired) electrons. The van der Waals surface area contributed by atoms with Crippen molar-refractivity contribution < 1.29 is 47.5 Å². The first-order valence-electron chi connectivity index (χ1n) is 5.77. The quantitative estimate of drug-likeness (QED) is 0.515. The zero-order chi connectivity index (χ0) is 14.8. The van der Waals surface area contributed by atoms with E-state index in [9.17, 15) is 19.8 Å². The summed E-state index contributed by atoms with van der Waals surface area (Å²) in [4.78, 5) is 27.6. The maximum Gasteiger partial charge on any atom is 2.00 e. The second-order valence-electron chi connectivity index (χ2n) is 3.74. The first-order chi connectivity index (χ1) is 9.58. The molecule has 0 aliphatic heterocycles. The Hall–Kier alpha value is -1.82. The Morgan fingerprint density at radius 2 is 1.19 bits per heavy atom. The number of carboxylic acid groups (broad SMARTS) is 2. The van der Waals surface area contributed by atoms with Gasteiger partial charge in [0, 0.05) is 48.6 Å². The molecule has 0 aromatic carbocycles. The van der Waals surface area contributed by atoms with Gasteiger partial charge >= 0.3 is 27.7 Å². The van der Waals surface area contributed by atoms with Gasteiger partial charge in [0.25, 0.3) is 0 Å². The Labute approximate surface area is 142 Å². The van der Waals surface area contributed by atoms with E-state index in [1.165, 1.54) is 0 Å². The molecule has 2 aromatic rings. The van der Waals surface area contributed by atoms with Crippen molar-refractivity contribution in [2.75, 3.05) is 0 Å². The molecular formula is C14H12HgN2O4. The molecule has 0 unspecified atom stereocenters. The summed E-state index contributed by atoms with van der Waals surface area (Å²) in [5.74, 6) is -2.20. The van der Waals surface area contributed by atoms with E-state index in [4.69, 9.17) is 0 Å². The number of hydrogen-bond acceptors (Lipinski definition) is 6. The Morgan fingerprint density at radius 3 is 1.43 bits per heavy atom. The normalized spacial score (nSPS) is 8.76. The molecule has 0 atom stereocenters. The van der Waals surface area contributed by atoms with Gasteiger partial charge < -0.3 is 19.8 Å². The standard InChI is InChI=1S/2C7H7NO2.Hg/c2*9-7(10)5-6-3-1-2-4-8-6;/h2*1-4H,5H2,(H,9,10);/q;;+2/p-2. The molecule has 0 aliphatic carbocycles. The molecule has 0 spiro atoms. The molecule has 2 heterocycles. The summed E-state index contributed by atoms with van der Waals surface area (Å²) in [6.45, 7) is 0. The van der Waals surface area contributed by atoms with Gasteiger partial charge in [0.15, 0.2) is 0 Å². The Bertz CT molecular complexity index is 498. The van der Waals surface area contributed by atoms with E-state index in [2.05, 4.69) is 9.97 Å². The SMILES string of the molecule is O=C([O-])Cc1ccccn1.O=C([O-])Cc1ccccn1.[Hg+2]. The second kappa shape index (κ2) is 10.9. The average Bonchev–Trinajstić information content (AvgIpc) is 2.40. The van der Waals surface area contributed by atoms with E-state index in [0.717, 1.165) is 0 Å². The molecule has 0 N–H and O–H groups in total. The van der Waals surface area contributed by atoms with Crippen LogP contribution in [0.5, 0.6) is 0 Å². The van der Waals surface area contributed by atoms with Crippen molar-refractivity contribution in [1.29, 1.82) is 0 Å². The molecule has 0 fully saturated rings. The van der Waals surface area contributed by atoms with Crippen molar-refractivity contribution in [1.82, 2.24) is 9.97 Å². The van der Waals surface area contributed by atoms with Crippen LogP contribution in [0.25, 0.3) is 0 Å². The number of aliphatic carboxylic acids is 2. The van der Waals surface area contributed by atoms with E-state index < -0.39 is 11.9 Å². The summed E-state index contributed by atoms with van der Waals surface area (Å²) in [7, 11) is 0. The first-order valence-corrected chi connectivity index (χ1v) is 5.77. The summed E-state index contributed by atoms with van der Waals surface area (Å²) >= 11 is 0. The smallest absolute Gasteiger partial charge is 0.550 e. The van der Waals surface area contributed by atoms with E-state index >= 15 is 0 Å². The van der Waals surface area contributed by atoms with Crippen LogP contribution in [-0.2, 0) is 50.1 Å². The number of carbonyl (C=O) groups is 2. The van der Waals surface area contributed by atoms with Crippen LogP contribution >= 0.6 is 0 Å². The number of rotatable bonds is 4. The van der Waals surface area contributed by atoms with E-state index in [1.807, 2.05) is 0 Å². The minimum absolute atomic E-state index is 0. The number of carbonyl (C=O) groups excluding carboxylic acids is 2. The van der Waals surface area contributed by atoms with Crippen LogP contribution in [-0.4, -0.2) is 21.9 Å². The molecule has 0 bridgehead atoms. The van der Waals surface area contributed by atoms with Gasteiger partial charge in [-0.2, -0.15) is 0 Å². The predicted octanol–water partition coefficient (Wildman–Crippen LogP) is -1.25. The molecule has 0 aliphatic rings. The van der Waals surface area contributed by atoms with Gasteiger partial charge in [-0.15, -0.1) is 0 Å². The van der Waals surface area contributed by atoms with Crippen molar-refractivity contribution in [3.63, 3.8) is 0 Å². The first kappa shape index (κ1) is 19.2. The third-order valence-corrected chi connectivity index (χ3v) is 2.10. The number of pyridine rings is 2. The summed E-state index contributed by atoms with van der Waals surface area (Å²) in [5.41, 5.74) is 1.06. The minimum Gasteiger partial charge on any atom is -0.550 e. The summed E-state index contributed by atoms with van der Waals surface area (Å²) in [6.07, 6.45) is 2.89. The third-order valence-electron chi connectivity index (χ3n) is 2.10. The molecule has 2 rings (SSSR count). The van der Waals surface area contributed by atoms with Crippen molar-refractivity contribution in [3.8, 4) is 0 Å². The van der Waals surface area contributed by atoms with Gasteiger partial charge in [-0.3, -0.25) is 9.97 Å². The number of hydrogen-bond donors (Lipinski definition) is 0. The van der Waals surface area contributed by atoms with Gasteiger partial charge in [-0.25, -0.2) is 0 Å². The van der Waals surface area contributed by atoms with Crippen LogP contribution in [0.1, 0.15) is 11.4 Å². The molecule has 2 aromatic heterocycles. The molecule has 0 amide bonds. The predicted molar refractivity (Wildman–Crippen MR) is 65.9 cm³/mol. The second-order valence-corrected chi connectivity index (χ2v) is 3.74. The Kier molecular flexibility index (Phi) is 9.96. The van der Waals surface area contributed by atoms with Crippen LogP contribution in [0.3, 0.4) is 0 Å². The molecule has 0 saturated carbocycles. The van der Waals surface area contributed by atoms with E-state index in [0.29, 0.717) is 11.4 Å². The average molecular weight is 473 g/mol. The van der Waals surface area contributed by atoms with Gasteiger partial charge in [0.2, 0.25) is 0 Å². The Morgan fingerprint density at radius 1 is 0.810 bits per heavy atom. The maximum absolute atomic E-state index is 10.0. The van der Waals surface area contributed by atoms with Crippen LogP contribution < -0.4 is 10.2 Å². The number of nitrogens with zero attached hydrogens (tertiary/aromatic N) is 2. The summed E-state index contributed by atoms with van der Waals surface area (Å²) in [6, 6.07) is 10.2. The third kappa shape index (κ3) is 9.67. The van der Waals surface area contributed by atoms with Crippen LogP contribution in [0.4, 0.5) is 0 Å². The maximum atomic E-state index is 10.0. The van der Waals surface area contributed by atoms with E-state index in [1.54, 1.807) is 48.8 Å². The summed E-state index contributed by atoms with van der Waals surface area (Å²) in [5, 5.41) is 20.0.